The molecule has 1 aromatic carbocycles. The van der Waals surface area contributed by atoms with Crippen LogP contribution in [0, 0.1) is 13.5 Å². The average Bonchev–Trinajstić information content (AvgIpc) is 2.88. The molecule has 1 saturated carbocycles. The zero-order chi connectivity index (χ0) is 21.0. The van der Waals surface area contributed by atoms with Gasteiger partial charge in [0.25, 0.3) is 11.7 Å². The molecular weight excluding hydrogens is 401 g/mol. The molecule has 9 heteroatoms. The van der Waals surface area contributed by atoms with Crippen LogP contribution in [0.3, 0.4) is 0 Å². The molecule has 29 heavy (non-hydrogen) atoms. The Balaban J connectivity index is 1.76. The van der Waals surface area contributed by atoms with E-state index >= 15 is 0 Å². The highest BCUT2D eigenvalue weighted by Gasteiger charge is 2.59. The van der Waals surface area contributed by atoms with Crippen molar-refractivity contribution in [2.24, 2.45) is 0 Å². The average molecular weight is 416 g/mol. The number of pyridine rings is 1. The molecule has 2 fully saturated rings. The fourth-order valence-corrected chi connectivity index (χ4v) is 4.27. The van der Waals surface area contributed by atoms with Crippen LogP contribution in [0.5, 0.6) is 0 Å². The summed E-state index contributed by atoms with van der Waals surface area (Å²) in [4.78, 5) is 23.8. The minimum Gasteiger partial charge on any atom is -0.360 e. The van der Waals surface area contributed by atoms with Gasteiger partial charge in [-0.2, -0.15) is 13.2 Å². The molecule has 1 aliphatic heterocycles. The molecule has 0 radical (unpaired) electrons. The number of hydrogen-bond donors (Lipinski definition) is 0. The second-order valence-corrected chi connectivity index (χ2v) is 7.50. The topological polar surface area (TPSA) is 40.8 Å². The Labute approximate surface area is 170 Å². The largest absolute Gasteiger partial charge is 0.416 e. The third kappa shape index (κ3) is 2.86. The van der Waals surface area contributed by atoms with E-state index in [1.54, 1.807) is 17.9 Å². The number of carbonyl (C=O) groups excluding carboxylic acids is 1. The number of rotatable bonds is 2. The van der Waals surface area contributed by atoms with Gasteiger partial charge in [0.05, 0.1) is 11.3 Å². The van der Waals surface area contributed by atoms with E-state index in [-0.39, 0.29) is 16.8 Å². The summed E-state index contributed by atoms with van der Waals surface area (Å²) in [6, 6.07) is 6.35. The van der Waals surface area contributed by atoms with Gasteiger partial charge in [-0.25, -0.2) is 0 Å². The van der Waals surface area contributed by atoms with E-state index in [0.29, 0.717) is 29.8 Å². The number of anilines is 2. The van der Waals surface area contributed by atoms with Gasteiger partial charge in [-0.15, -0.1) is 4.98 Å². The van der Waals surface area contributed by atoms with Gasteiger partial charge in [0.2, 0.25) is 0 Å². The zero-order valence-electron chi connectivity index (χ0n) is 15.3. The first-order valence-electron chi connectivity index (χ1n) is 8.89. The van der Waals surface area contributed by atoms with Crippen LogP contribution in [0.1, 0.15) is 30.4 Å². The van der Waals surface area contributed by atoms with Crippen LogP contribution in [0.2, 0.25) is 0 Å². The number of amides is 1. The van der Waals surface area contributed by atoms with Gasteiger partial charge in [-0.05, 0) is 74.3 Å². The third-order valence-electron chi connectivity index (χ3n) is 5.45. The van der Waals surface area contributed by atoms with Crippen LogP contribution in [-0.2, 0) is 11.0 Å². The normalized spacial score (nSPS) is 18.2. The third-order valence-corrected chi connectivity index (χ3v) is 5.81. The maximum absolute atomic E-state index is 13.3. The Hall–Kier alpha value is -2.99. The fourth-order valence-electron chi connectivity index (χ4n) is 3.80. The lowest BCUT2D eigenvalue weighted by molar-refractivity contribution is -0.137. The van der Waals surface area contributed by atoms with E-state index in [0.717, 1.165) is 18.6 Å². The Bertz CT molecular complexity index is 1050. The molecular formula is C20H15F3N4OS. The van der Waals surface area contributed by atoms with Gasteiger partial charge < -0.3 is 9.74 Å². The number of carbonyl (C=O) groups is 1. The minimum atomic E-state index is -4.44. The monoisotopic (exact) mass is 416 g/mol. The van der Waals surface area contributed by atoms with Crippen molar-refractivity contribution in [3.63, 3.8) is 0 Å². The van der Waals surface area contributed by atoms with Gasteiger partial charge in [-0.3, -0.25) is 9.69 Å². The molecule has 2 heterocycles. The molecule has 1 saturated heterocycles. The highest BCUT2D eigenvalue weighted by Crippen LogP contribution is 2.48. The molecule has 0 atom stereocenters. The number of benzene rings is 1. The lowest BCUT2D eigenvalue weighted by atomic mass is 9.75. The van der Waals surface area contributed by atoms with E-state index in [2.05, 4.69) is 9.83 Å². The molecule has 148 valence electrons. The fraction of sp³-hybridized carbons (Fsp3) is 0.300. The number of hydrogen-bond acceptors (Lipinski definition) is 3. The van der Waals surface area contributed by atoms with Crippen LogP contribution >= 0.6 is 12.2 Å². The molecule has 0 unspecified atom stereocenters. The number of aromatic nitrogens is 1. The first kappa shape index (κ1) is 19.3. The standard InChI is InChI=1S/C20H15F3N4OS/c1-12-10-15(11-25-16(12)24-2)26-17(28)19(8-3-9-19)27(18(26)29)14-6-4-13(5-7-14)20(21,22)23/h4-7,10-11H,3,8-9H2,1H3. The minimum absolute atomic E-state index is 0.200. The predicted octanol–water partition coefficient (Wildman–Crippen LogP) is 5.02. The molecule has 2 aliphatic rings. The summed E-state index contributed by atoms with van der Waals surface area (Å²) in [6.07, 6.45) is -1.06. The van der Waals surface area contributed by atoms with Crippen LogP contribution in [0.25, 0.3) is 4.85 Å². The van der Waals surface area contributed by atoms with E-state index in [1.807, 2.05) is 0 Å². The lowest BCUT2D eigenvalue weighted by Gasteiger charge is -2.43. The molecule has 1 aliphatic carbocycles. The Morgan fingerprint density at radius 1 is 1.21 bits per heavy atom. The van der Waals surface area contributed by atoms with Crippen molar-refractivity contribution in [3.05, 3.63) is 59.1 Å². The van der Waals surface area contributed by atoms with Gasteiger partial charge >= 0.3 is 6.18 Å². The Morgan fingerprint density at radius 3 is 2.34 bits per heavy atom. The smallest absolute Gasteiger partial charge is 0.360 e. The highest BCUT2D eigenvalue weighted by atomic mass is 32.1. The SMILES string of the molecule is [C-]#[N+]c1ncc(N2C(=O)C3(CCC3)N(c3ccc(C(F)(F)F)cc3)C2=S)cc1C. The second-order valence-electron chi connectivity index (χ2n) is 7.13. The van der Waals surface area contributed by atoms with E-state index < -0.39 is 17.3 Å². The van der Waals surface area contributed by atoms with E-state index in [1.165, 1.54) is 23.2 Å². The van der Waals surface area contributed by atoms with Gasteiger partial charge in [0.15, 0.2) is 5.11 Å². The van der Waals surface area contributed by atoms with Crippen molar-refractivity contribution in [2.45, 2.75) is 37.9 Å². The first-order valence-corrected chi connectivity index (χ1v) is 9.30. The van der Waals surface area contributed by atoms with Gasteiger partial charge in [0, 0.05) is 5.69 Å². The van der Waals surface area contributed by atoms with Crippen LogP contribution < -0.4 is 9.80 Å². The summed E-state index contributed by atoms with van der Waals surface area (Å²) in [7, 11) is 0. The summed E-state index contributed by atoms with van der Waals surface area (Å²) in [5.74, 6) is 0.0228. The van der Waals surface area contributed by atoms with Gasteiger partial charge in [-0.1, -0.05) is 6.57 Å². The molecule has 5 nitrogen and oxygen atoms in total. The Morgan fingerprint density at radius 2 is 1.86 bits per heavy atom. The maximum atomic E-state index is 13.3. The lowest BCUT2D eigenvalue weighted by Crippen LogP contribution is -2.55. The molecule has 4 rings (SSSR count). The number of aryl methyl sites for hydroxylation is 1. The quantitative estimate of drug-likeness (QED) is 0.509. The summed E-state index contributed by atoms with van der Waals surface area (Å²) in [6.45, 7) is 8.84. The van der Waals surface area contributed by atoms with Crippen LogP contribution in [0.15, 0.2) is 36.5 Å². The van der Waals surface area contributed by atoms with Crippen molar-refractivity contribution >= 4 is 40.4 Å². The Kier molecular flexibility index (Phi) is 4.35. The highest BCUT2D eigenvalue weighted by molar-refractivity contribution is 7.81. The number of alkyl halides is 3. The summed E-state index contributed by atoms with van der Waals surface area (Å²) in [5, 5.41) is 0.200. The zero-order valence-corrected chi connectivity index (χ0v) is 16.1. The van der Waals surface area contributed by atoms with E-state index in [4.69, 9.17) is 18.8 Å². The molecule has 1 aromatic heterocycles. The van der Waals surface area contributed by atoms with Crippen molar-refractivity contribution < 1.29 is 18.0 Å². The summed E-state index contributed by atoms with van der Waals surface area (Å²) in [5.41, 5.74) is -0.134. The van der Waals surface area contributed by atoms with Gasteiger partial charge in [0.1, 0.15) is 11.7 Å². The molecule has 0 N–H and O–H groups in total. The molecule has 1 spiro atoms. The molecule has 1 amide bonds. The van der Waals surface area contributed by atoms with Crippen LogP contribution in [-0.4, -0.2) is 21.5 Å². The summed E-state index contributed by atoms with van der Waals surface area (Å²) < 4.78 is 38.8. The number of thiocarbonyl (C=S) groups is 1. The van der Waals surface area contributed by atoms with Crippen molar-refractivity contribution in [2.75, 3.05) is 9.80 Å². The molecule has 2 aromatic rings. The maximum Gasteiger partial charge on any atom is 0.416 e. The second kappa shape index (κ2) is 6.52. The summed E-state index contributed by atoms with van der Waals surface area (Å²) >= 11 is 5.58. The van der Waals surface area contributed by atoms with Crippen molar-refractivity contribution in [3.8, 4) is 0 Å². The predicted molar refractivity (Wildman–Crippen MR) is 106 cm³/mol. The van der Waals surface area contributed by atoms with Crippen molar-refractivity contribution in [1.29, 1.82) is 0 Å². The van der Waals surface area contributed by atoms with Crippen LogP contribution in [0.4, 0.5) is 30.4 Å². The first-order chi connectivity index (χ1) is 13.7. The van der Waals surface area contributed by atoms with Crippen molar-refractivity contribution in [1.82, 2.24) is 4.98 Å². The van der Waals surface area contributed by atoms with E-state index in [9.17, 15) is 18.0 Å². The number of nitrogens with zero attached hydrogens (tertiary/aromatic N) is 4. The molecule has 0 bridgehead atoms. The number of halogens is 3.